The molecular formula is C28H25F5N2O4. The lowest BCUT2D eigenvalue weighted by Gasteiger charge is -2.18. The molecule has 2 heterocycles. The number of amides is 1. The molecule has 1 N–H and O–H groups in total. The van der Waals surface area contributed by atoms with Gasteiger partial charge in [-0.3, -0.25) is 4.79 Å². The number of nitrogens with zero attached hydrogens (tertiary/aromatic N) is 1. The Morgan fingerprint density at radius 2 is 1.87 bits per heavy atom. The maximum Gasteiger partial charge on any atom is 0.399 e. The van der Waals surface area contributed by atoms with Crippen LogP contribution in [0.25, 0.3) is 11.3 Å². The van der Waals surface area contributed by atoms with E-state index in [4.69, 9.17) is 14.2 Å². The highest BCUT2D eigenvalue weighted by atomic mass is 19.4. The van der Waals surface area contributed by atoms with E-state index in [1.807, 2.05) is 0 Å². The lowest BCUT2D eigenvalue weighted by molar-refractivity contribution is -0.151. The molecule has 5 rings (SSSR count). The zero-order valence-corrected chi connectivity index (χ0v) is 21.1. The number of nitrogens with one attached hydrogen (secondary N) is 1. The molecule has 2 aliphatic rings. The number of fused-ring (bicyclic) bond motifs is 1. The second kappa shape index (κ2) is 10.3. The summed E-state index contributed by atoms with van der Waals surface area (Å²) < 4.78 is 85.2. The Kier molecular flexibility index (Phi) is 7.09. The van der Waals surface area contributed by atoms with E-state index in [0.29, 0.717) is 17.1 Å². The number of rotatable bonds is 8. The number of methoxy groups -OCH3 is 1. The molecule has 39 heavy (non-hydrogen) atoms. The van der Waals surface area contributed by atoms with Crippen molar-refractivity contribution in [2.45, 2.75) is 43.9 Å². The van der Waals surface area contributed by atoms with Gasteiger partial charge in [0.1, 0.15) is 24.0 Å². The number of pyridine rings is 1. The van der Waals surface area contributed by atoms with Crippen LogP contribution in [0.4, 0.5) is 22.0 Å². The van der Waals surface area contributed by atoms with Crippen LogP contribution < -0.4 is 19.5 Å². The van der Waals surface area contributed by atoms with Crippen LogP contribution in [-0.4, -0.2) is 43.4 Å². The van der Waals surface area contributed by atoms with E-state index in [-0.39, 0.29) is 40.9 Å². The smallest absolute Gasteiger partial charge is 0.399 e. The highest BCUT2D eigenvalue weighted by Gasteiger charge is 2.47. The minimum atomic E-state index is -4.58. The van der Waals surface area contributed by atoms with Gasteiger partial charge in [0.25, 0.3) is 5.91 Å². The van der Waals surface area contributed by atoms with Gasteiger partial charge in [0, 0.05) is 34.8 Å². The molecule has 2 atom stereocenters. The van der Waals surface area contributed by atoms with Crippen molar-refractivity contribution in [2.24, 2.45) is 0 Å². The topological polar surface area (TPSA) is 69.7 Å². The summed E-state index contributed by atoms with van der Waals surface area (Å²) in [6.45, 7) is 1.09. The van der Waals surface area contributed by atoms with Crippen LogP contribution in [0, 0.1) is 11.6 Å². The van der Waals surface area contributed by atoms with Crippen molar-refractivity contribution in [3.63, 3.8) is 0 Å². The average molecular weight is 549 g/mol. The van der Waals surface area contributed by atoms with Crippen molar-refractivity contribution in [1.29, 1.82) is 0 Å². The molecule has 0 bridgehead atoms. The molecule has 1 aliphatic heterocycles. The van der Waals surface area contributed by atoms with E-state index in [9.17, 15) is 26.7 Å². The Hall–Kier alpha value is -3.89. The SMILES string of the molecule is COc1cc(C(=O)NCC(C)c2cc3c(c(-c4ccc(F)c(F)c4)n2)OC[C@H]3C(F)(F)F)ccc1OC1CC1. The van der Waals surface area contributed by atoms with E-state index in [0.717, 1.165) is 25.0 Å². The van der Waals surface area contributed by atoms with E-state index in [2.05, 4.69) is 10.3 Å². The molecule has 3 aromatic rings. The minimum Gasteiger partial charge on any atom is -0.493 e. The van der Waals surface area contributed by atoms with Gasteiger partial charge in [0.2, 0.25) is 0 Å². The molecule has 206 valence electrons. The first-order valence-corrected chi connectivity index (χ1v) is 12.4. The Bertz CT molecular complexity index is 1410. The predicted molar refractivity (Wildman–Crippen MR) is 131 cm³/mol. The van der Waals surface area contributed by atoms with Gasteiger partial charge in [-0.05, 0) is 55.3 Å². The normalized spacial score (nSPS) is 17.3. The number of aromatic nitrogens is 1. The van der Waals surface area contributed by atoms with Crippen LogP contribution >= 0.6 is 0 Å². The third-order valence-electron chi connectivity index (χ3n) is 6.70. The highest BCUT2D eigenvalue weighted by Crippen LogP contribution is 2.48. The van der Waals surface area contributed by atoms with E-state index >= 15 is 0 Å². The molecule has 11 heteroatoms. The number of benzene rings is 2. The zero-order chi connectivity index (χ0) is 27.9. The highest BCUT2D eigenvalue weighted by molar-refractivity contribution is 5.95. The van der Waals surface area contributed by atoms with Crippen LogP contribution in [0.3, 0.4) is 0 Å². The standard InChI is InChI=1S/C28H25F5N2O4/c1-14(12-34-27(36)16-4-8-23(24(10-16)37-2)39-17-5-6-17)22-11-18-19(28(31,32)33)13-38-26(18)25(35-22)15-3-7-20(29)21(30)9-15/h3-4,7-11,14,17,19H,5-6,12-13H2,1-2H3,(H,34,36)/t14?,19-/m1/s1. The van der Waals surface area contributed by atoms with Crippen molar-refractivity contribution < 1.29 is 41.0 Å². The Labute approximate surface area is 221 Å². The first-order valence-electron chi connectivity index (χ1n) is 12.4. The fraction of sp³-hybridized carbons (Fsp3) is 0.357. The number of halogens is 5. The minimum absolute atomic E-state index is 0.0256. The summed E-state index contributed by atoms with van der Waals surface area (Å²) in [5, 5.41) is 2.77. The number of ether oxygens (including phenoxy) is 3. The fourth-order valence-electron chi connectivity index (χ4n) is 4.33. The number of hydrogen-bond donors (Lipinski definition) is 1. The third-order valence-corrected chi connectivity index (χ3v) is 6.70. The number of alkyl halides is 3. The van der Waals surface area contributed by atoms with Gasteiger partial charge in [-0.1, -0.05) is 6.92 Å². The van der Waals surface area contributed by atoms with Crippen LogP contribution in [0.5, 0.6) is 17.2 Å². The summed E-state index contributed by atoms with van der Waals surface area (Å²) in [5.74, 6) is -4.28. The van der Waals surface area contributed by atoms with Crippen LogP contribution in [0.1, 0.15) is 53.2 Å². The van der Waals surface area contributed by atoms with E-state index < -0.39 is 42.2 Å². The average Bonchev–Trinajstić information content (AvgIpc) is 3.61. The Morgan fingerprint density at radius 3 is 2.54 bits per heavy atom. The maximum absolute atomic E-state index is 14.0. The fourth-order valence-corrected chi connectivity index (χ4v) is 4.33. The van der Waals surface area contributed by atoms with Crippen LogP contribution in [-0.2, 0) is 0 Å². The molecule has 0 spiro atoms. The third kappa shape index (κ3) is 5.62. The first-order chi connectivity index (χ1) is 18.5. The van der Waals surface area contributed by atoms with Crippen molar-refractivity contribution in [3.8, 4) is 28.5 Å². The largest absolute Gasteiger partial charge is 0.493 e. The van der Waals surface area contributed by atoms with Crippen LogP contribution in [0.15, 0.2) is 42.5 Å². The van der Waals surface area contributed by atoms with Gasteiger partial charge < -0.3 is 19.5 Å². The second-order valence-corrected chi connectivity index (χ2v) is 9.64. The molecule has 6 nitrogen and oxygen atoms in total. The molecule has 0 radical (unpaired) electrons. The van der Waals surface area contributed by atoms with Gasteiger partial charge in [0.05, 0.1) is 13.2 Å². The second-order valence-electron chi connectivity index (χ2n) is 9.64. The van der Waals surface area contributed by atoms with Crippen molar-refractivity contribution in [2.75, 3.05) is 20.3 Å². The van der Waals surface area contributed by atoms with Crippen molar-refractivity contribution >= 4 is 5.91 Å². The number of carbonyl (C=O) groups is 1. The van der Waals surface area contributed by atoms with E-state index in [1.165, 1.54) is 19.2 Å². The summed E-state index contributed by atoms with van der Waals surface area (Å²) in [5.41, 5.74) is 0.465. The quantitative estimate of drug-likeness (QED) is 0.342. The van der Waals surface area contributed by atoms with Crippen molar-refractivity contribution in [3.05, 3.63) is 70.9 Å². The first kappa shape index (κ1) is 26.7. The molecule has 1 unspecified atom stereocenters. The Balaban J connectivity index is 1.39. The van der Waals surface area contributed by atoms with Gasteiger partial charge >= 0.3 is 6.18 Å². The summed E-state index contributed by atoms with van der Waals surface area (Å²) >= 11 is 0. The molecule has 2 aromatic carbocycles. The predicted octanol–water partition coefficient (Wildman–Crippen LogP) is 6.15. The molecule has 1 fully saturated rings. The molecule has 1 aromatic heterocycles. The van der Waals surface area contributed by atoms with Gasteiger partial charge in [-0.2, -0.15) is 13.2 Å². The summed E-state index contributed by atoms with van der Waals surface area (Å²) in [7, 11) is 1.47. The number of carbonyl (C=O) groups excluding carboxylic acids is 1. The van der Waals surface area contributed by atoms with Gasteiger partial charge in [0.15, 0.2) is 23.1 Å². The monoisotopic (exact) mass is 548 g/mol. The maximum atomic E-state index is 14.0. The van der Waals surface area contributed by atoms with E-state index in [1.54, 1.807) is 25.1 Å². The van der Waals surface area contributed by atoms with Gasteiger partial charge in [-0.15, -0.1) is 0 Å². The lowest BCUT2D eigenvalue weighted by atomic mass is 9.95. The number of hydrogen-bond acceptors (Lipinski definition) is 5. The zero-order valence-electron chi connectivity index (χ0n) is 21.1. The summed E-state index contributed by atoms with van der Waals surface area (Å²) in [4.78, 5) is 17.3. The Morgan fingerprint density at radius 1 is 1.10 bits per heavy atom. The van der Waals surface area contributed by atoms with Gasteiger partial charge in [-0.25, -0.2) is 13.8 Å². The molecule has 0 saturated heterocycles. The molecule has 1 amide bonds. The lowest BCUT2D eigenvalue weighted by Crippen LogP contribution is -2.28. The summed E-state index contributed by atoms with van der Waals surface area (Å²) in [6.07, 6.45) is -2.50. The molecular weight excluding hydrogens is 523 g/mol. The van der Waals surface area contributed by atoms with Crippen LogP contribution in [0.2, 0.25) is 0 Å². The molecule has 1 saturated carbocycles. The van der Waals surface area contributed by atoms with Crippen molar-refractivity contribution in [1.82, 2.24) is 10.3 Å². The molecule has 1 aliphatic carbocycles. The summed E-state index contributed by atoms with van der Waals surface area (Å²) in [6, 6.07) is 9.07.